The number of nitrogens with zero attached hydrogens (tertiary/aromatic N) is 7. The summed E-state index contributed by atoms with van der Waals surface area (Å²) in [5.41, 5.74) is 1.89. The first kappa shape index (κ1) is 20.8. The average molecular weight is 447 g/mol. The highest BCUT2D eigenvalue weighted by atomic mass is 19.1. The topological polar surface area (TPSA) is 91.0 Å². The van der Waals surface area contributed by atoms with Crippen LogP contribution in [0, 0.1) is 5.82 Å². The van der Waals surface area contributed by atoms with Gasteiger partial charge in [-0.05, 0) is 42.5 Å². The van der Waals surface area contributed by atoms with Gasteiger partial charge in [-0.25, -0.2) is 9.07 Å². The molecule has 168 valence electrons. The second-order valence-electron chi connectivity index (χ2n) is 7.84. The second-order valence-corrected chi connectivity index (χ2v) is 7.84. The fraction of sp³-hybridized carbons (Fsp3) is 0.261. The van der Waals surface area contributed by atoms with Crippen molar-refractivity contribution in [2.75, 3.05) is 13.1 Å². The Balaban J connectivity index is 1.19. The third-order valence-electron chi connectivity index (χ3n) is 5.62. The zero-order chi connectivity index (χ0) is 22.8. The smallest absolute Gasteiger partial charge is 0.272 e. The maximum absolute atomic E-state index is 13.2. The van der Waals surface area contributed by atoms with E-state index in [9.17, 15) is 9.18 Å². The predicted molar refractivity (Wildman–Crippen MR) is 117 cm³/mol. The summed E-state index contributed by atoms with van der Waals surface area (Å²) >= 11 is 0. The molecule has 9 nitrogen and oxygen atoms in total. The molecule has 0 atom stereocenters. The van der Waals surface area contributed by atoms with Crippen LogP contribution in [0.25, 0.3) is 17.1 Å². The molecule has 0 radical (unpaired) electrons. The van der Waals surface area contributed by atoms with Gasteiger partial charge in [-0.2, -0.15) is 10.2 Å². The highest BCUT2D eigenvalue weighted by Crippen LogP contribution is 2.22. The van der Waals surface area contributed by atoms with Crippen molar-refractivity contribution in [1.29, 1.82) is 0 Å². The van der Waals surface area contributed by atoms with Gasteiger partial charge in [-0.1, -0.05) is 0 Å². The van der Waals surface area contributed by atoms with Crippen molar-refractivity contribution >= 4 is 5.91 Å². The highest BCUT2D eigenvalue weighted by molar-refractivity contribution is 5.93. The largest absolute Gasteiger partial charge is 0.473 e. The van der Waals surface area contributed by atoms with Crippen molar-refractivity contribution in [3.63, 3.8) is 0 Å². The molecule has 33 heavy (non-hydrogen) atoms. The normalized spacial score (nSPS) is 14.4. The fourth-order valence-corrected chi connectivity index (χ4v) is 3.84. The summed E-state index contributed by atoms with van der Waals surface area (Å²) in [4.78, 5) is 14.9. The standard InChI is InChI=1S/C23H22FN7O2/c1-29-20(15-19(28-29)16-3-5-17(24)6-4-16)23(32)30-13-9-18(10-14-30)33-22-8-7-21(26-27-22)31-12-2-11-25-31/h2-8,11-12,15,18H,9-10,13-14H2,1H3. The minimum absolute atomic E-state index is 0.0415. The van der Waals surface area contributed by atoms with Crippen LogP contribution in [-0.4, -0.2) is 59.8 Å². The predicted octanol–water partition coefficient (Wildman–Crippen LogP) is 2.89. The Bertz CT molecular complexity index is 1230. The number of hydrogen-bond acceptors (Lipinski definition) is 6. The first-order valence-electron chi connectivity index (χ1n) is 10.7. The molecular weight excluding hydrogens is 425 g/mol. The third kappa shape index (κ3) is 4.45. The molecule has 0 unspecified atom stereocenters. The van der Waals surface area contributed by atoms with E-state index in [-0.39, 0.29) is 17.8 Å². The van der Waals surface area contributed by atoms with Crippen molar-refractivity contribution in [2.45, 2.75) is 18.9 Å². The Hall–Kier alpha value is -4.08. The molecule has 4 aromatic rings. The molecule has 1 aliphatic rings. The van der Waals surface area contributed by atoms with Gasteiger partial charge < -0.3 is 9.64 Å². The third-order valence-corrected chi connectivity index (χ3v) is 5.62. The number of hydrogen-bond donors (Lipinski definition) is 0. The Morgan fingerprint density at radius 2 is 1.88 bits per heavy atom. The van der Waals surface area contributed by atoms with Gasteiger partial charge in [0.15, 0.2) is 5.82 Å². The molecule has 1 fully saturated rings. The molecule has 1 saturated heterocycles. The molecule has 0 aliphatic carbocycles. The van der Waals surface area contributed by atoms with Crippen LogP contribution in [0.2, 0.25) is 0 Å². The summed E-state index contributed by atoms with van der Waals surface area (Å²) < 4.78 is 22.4. The summed E-state index contributed by atoms with van der Waals surface area (Å²) in [5, 5.41) is 16.8. The SMILES string of the molecule is Cn1nc(-c2ccc(F)cc2)cc1C(=O)N1CCC(Oc2ccc(-n3cccn3)nn2)CC1. The fourth-order valence-electron chi connectivity index (χ4n) is 3.84. The lowest BCUT2D eigenvalue weighted by Crippen LogP contribution is -2.42. The number of ether oxygens (including phenoxy) is 1. The molecule has 5 rings (SSSR count). The van der Waals surface area contributed by atoms with Crippen LogP contribution >= 0.6 is 0 Å². The molecule has 0 bridgehead atoms. The summed E-state index contributed by atoms with van der Waals surface area (Å²) in [6.07, 6.45) is 4.81. The molecule has 4 heterocycles. The summed E-state index contributed by atoms with van der Waals surface area (Å²) in [5.74, 6) is 0.672. The van der Waals surface area contributed by atoms with Gasteiger partial charge in [0, 0.05) is 57.0 Å². The zero-order valence-electron chi connectivity index (χ0n) is 18.0. The lowest BCUT2D eigenvalue weighted by molar-refractivity contribution is 0.0576. The van der Waals surface area contributed by atoms with Crippen LogP contribution < -0.4 is 4.74 Å². The first-order chi connectivity index (χ1) is 16.1. The number of carbonyl (C=O) groups excluding carboxylic acids is 1. The summed E-state index contributed by atoms with van der Waals surface area (Å²) in [7, 11) is 1.74. The van der Waals surface area contributed by atoms with Gasteiger partial charge in [0.2, 0.25) is 5.88 Å². The van der Waals surface area contributed by atoms with Crippen molar-refractivity contribution < 1.29 is 13.9 Å². The molecule has 3 aromatic heterocycles. The van der Waals surface area contributed by atoms with Gasteiger partial charge in [0.25, 0.3) is 5.91 Å². The van der Waals surface area contributed by atoms with Gasteiger partial charge in [0.05, 0.1) is 5.69 Å². The number of halogens is 1. The Kier molecular flexibility index (Phi) is 5.55. The van der Waals surface area contributed by atoms with E-state index < -0.39 is 0 Å². The average Bonchev–Trinajstić information content (AvgIpc) is 3.50. The molecule has 1 amide bonds. The zero-order valence-corrected chi connectivity index (χ0v) is 18.0. The number of aromatic nitrogens is 6. The molecule has 0 saturated carbocycles. The van der Waals surface area contributed by atoms with Gasteiger partial charge in [-0.15, -0.1) is 10.2 Å². The second kappa shape index (κ2) is 8.81. The Morgan fingerprint density at radius 3 is 2.55 bits per heavy atom. The van der Waals surface area contributed by atoms with E-state index in [0.29, 0.717) is 49.0 Å². The molecular formula is C23H22FN7O2. The highest BCUT2D eigenvalue weighted by Gasteiger charge is 2.27. The molecule has 10 heteroatoms. The van der Waals surface area contributed by atoms with Crippen LogP contribution in [0.3, 0.4) is 0 Å². The van der Waals surface area contributed by atoms with E-state index in [1.165, 1.54) is 12.1 Å². The van der Waals surface area contributed by atoms with Crippen molar-refractivity contribution in [3.05, 3.63) is 72.4 Å². The number of piperidine rings is 1. The molecule has 0 spiro atoms. The molecule has 1 aliphatic heterocycles. The maximum atomic E-state index is 13.2. The van der Waals surface area contributed by atoms with Gasteiger partial charge in [0.1, 0.15) is 17.6 Å². The van der Waals surface area contributed by atoms with Crippen molar-refractivity contribution in [3.8, 4) is 23.0 Å². The van der Waals surface area contributed by atoms with E-state index in [1.807, 2.05) is 6.07 Å². The lowest BCUT2D eigenvalue weighted by Gasteiger charge is -2.31. The van der Waals surface area contributed by atoms with Crippen LogP contribution in [0.1, 0.15) is 23.3 Å². The van der Waals surface area contributed by atoms with Gasteiger partial charge in [-0.3, -0.25) is 9.48 Å². The van der Waals surface area contributed by atoms with E-state index in [2.05, 4.69) is 20.4 Å². The molecule has 0 N–H and O–H groups in total. The summed E-state index contributed by atoms with van der Waals surface area (Å²) in [6, 6.07) is 13.2. The first-order valence-corrected chi connectivity index (χ1v) is 10.7. The number of aryl methyl sites for hydroxylation is 1. The monoisotopic (exact) mass is 447 g/mol. The van der Waals surface area contributed by atoms with E-state index in [0.717, 1.165) is 5.56 Å². The van der Waals surface area contributed by atoms with Crippen molar-refractivity contribution in [2.24, 2.45) is 7.05 Å². The minimum Gasteiger partial charge on any atom is -0.473 e. The maximum Gasteiger partial charge on any atom is 0.272 e. The molecule has 1 aromatic carbocycles. The quantitative estimate of drug-likeness (QED) is 0.467. The number of benzene rings is 1. The summed E-state index contributed by atoms with van der Waals surface area (Å²) in [6.45, 7) is 1.14. The van der Waals surface area contributed by atoms with E-state index in [1.54, 1.807) is 64.0 Å². The van der Waals surface area contributed by atoms with Crippen LogP contribution in [-0.2, 0) is 7.05 Å². The van der Waals surface area contributed by atoms with E-state index >= 15 is 0 Å². The van der Waals surface area contributed by atoms with Crippen LogP contribution in [0.5, 0.6) is 5.88 Å². The van der Waals surface area contributed by atoms with Crippen molar-refractivity contribution in [1.82, 2.24) is 34.7 Å². The van der Waals surface area contributed by atoms with Crippen LogP contribution in [0.4, 0.5) is 4.39 Å². The lowest BCUT2D eigenvalue weighted by atomic mass is 10.1. The van der Waals surface area contributed by atoms with Gasteiger partial charge >= 0.3 is 0 Å². The number of amides is 1. The number of carbonyl (C=O) groups is 1. The van der Waals surface area contributed by atoms with E-state index in [4.69, 9.17) is 4.74 Å². The Morgan fingerprint density at radius 1 is 1.09 bits per heavy atom. The van der Waals surface area contributed by atoms with Crippen LogP contribution in [0.15, 0.2) is 60.9 Å². The number of rotatable bonds is 5. The number of likely N-dealkylation sites (tertiary alicyclic amines) is 1. The minimum atomic E-state index is -0.309. The Labute approximate surface area is 189 Å².